The summed E-state index contributed by atoms with van der Waals surface area (Å²) >= 11 is 0. The average molecular weight is 201 g/mol. The molecular weight excluding hydrogens is 188 g/mol. The second-order valence-electron chi connectivity index (χ2n) is 3.12. The molecule has 0 unspecified atom stereocenters. The van der Waals surface area contributed by atoms with Crippen molar-refractivity contribution in [3.8, 4) is 0 Å². The predicted molar refractivity (Wildman–Crippen MR) is 48.1 cm³/mol. The van der Waals surface area contributed by atoms with Gasteiger partial charge in [0, 0.05) is 6.42 Å². The zero-order chi connectivity index (χ0) is 11.4. The fourth-order valence-electron chi connectivity index (χ4n) is 0.935. The van der Waals surface area contributed by atoms with Gasteiger partial charge in [0.2, 0.25) is 6.29 Å². The van der Waals surface area contributed by atoms with Crippen LogP contribution in [-0.2, 0) is 14.4 Å². The number of carbonyl (C=O) groups is 2. The second kappa shape index (κ2) is 4.83. The van der Waals surface area contributed by atoms with Crippen molar-refractivity contribution in [2.24, 2.45) is 11.5 Å². The van der Waals surface area contributed by atoms with E-state index in [0.29, 0.717) is 0 Å². The van der Waals surface area contributed by atoms with E-state index < -0.39 is 23.3 Å². The van der Waals surface area contributed by atoms with E-state index in [1.165, 1.54) is 13.2 Å². The minimum absolute atomic E-state index is 0.286. The van der Waals surface area contributed by atoms with Crippen molar-refractivity contribution in [3.05, 3.63) is 0 Å². The van der Waals surface area contributed by atoms with E-state index in [4.69, 9.17) is 16.6 Å². The lowest BCUT2D eigenvalue weighted by Gasteiger charge is -2.21. The van der Waals surface area contributed by atoms with Crippen LogP contribution < -0.4 is 11.5 Å². The van der Waals surface area contributed by atoms with Crippen LogP contribution in [0.3, 0.4) is 0 Å². The van der Waals surface area contributed by atoms with E-state index in [0.717, 1.165) is 0 Å². The molecule has 0 saturated carbocycles. The topological polar surface area (TPSA) is 123 Å². The molecular formula is C8H13N2O4. The van der Waals surface area contributed by atoms with E-state index in [1.807, 2.05) is 0 Å². The highest BCUT2D eigenvalue weighted by Gasteiger charge is 2.36. The highest BCUT2D eigenvalue weighted by Crippen LogP contribution is 2.10. The van der Waals surface area contributed by atoms with Gasteiger partial charge in [0.05, 0.1) is 6.04 Å². The molecule has 0 fully saturated rings. The van der Waals surface area contributed by atoms with Gasteiger partial charge in [-0.25, -0.2) is 0 Å². The zero-order valence-electron chi connectivity index (χ0n) is 7.82. The summed E-state index contributed by atoms with van der Waals surface area (Å²) < 4.78 is 0. The summed E-state index contributed by atoms with van der Waals surface area (Å²) in [7, 11) is 0. The van der Waals surface area contributed by atoms with Crippen molar-refractivity contribution in [2.45, 2.75) is 31.3 Å². The van der Waals surface area contributed by atoms with Gasteiger partial charge in [-0.3, -0.25) is 14.4 Å². The third kappa shape index (κ3) is 3.23. The fraction of sp³-hybridized carbons (Fsp3) is 0.625. The first kappa shape index (κ1) is 12.7. The molecule has 0 aromatic carbocycles. The number of Topliss-reactive ketones (excluding diaryl/α,β-unsaturated/α-hetero) is 1. The summed E-state index contributed by atoms with van der Waals surface area (Å²) in [5.74, 6) is -1.83. The summed E-state index contributed by atoms with van der Waals surface area (Å²) in [5.41, 5.74) is 8.73. The van der Waals surface area contributed by atoms with E-state index in [9.17, 15) is 14.4 Å². The average Bonchev–Trinajstić information content (AvgIpc) is 2.12. The molecule has 0 aromatic rings. The molecule has 2 atom stereocenters. The number of aliphatic carboxylic acids is 1. The normalized spacial score (nSPS) is 16.8. The Bertz CT molecular complexity index is 252. The Labute approximate surface area is 81.3 Å². The molecule has 0 spiro atoms. The zero-order valence-corrected chi connectivity index (χ0v) is 7.82. The van der Waals surface area contributed by atoms with Gasteiger partial charge in [-0.1, -0.05) is 0 Å². The van der Waals surface area contributed by atoms with Crippen molar-refractivity contribution in [3.63, 3.8) is 0 Å². The van der Waals surface area contributed by atoms with Gasteiger partial charge in [0.1, 0.15) is 5.54 Å². The van der Waals surface area contributed by atoms with Gasteiger partial charge in [0.15, 0.2) is 5.78 Å². The SMILES string of the molecule is C[C@H](N)C(=O)[C@@](N)([C]=O)CCC(=O)O. The fourth-order valence-corrected chi connectivity index (χ4v) is 0.935. The Hall–Kier alpha value is -1.27. The molecule has 0 rings (SSSR count). The quantitative estimate of drug-likeness (QED) is 0.453. The Morgan fingerprint density at radius 3 is 2.36 bits per heavy atom. The number of hydrogen-bond donors (Lipinski definition) is 3. The molecule has 14 heavy (non-hydrogen) atoms. The van der Waals surface area contributed by atoms with Crippen LogP contribution in [-0.4, -0.2) is 34.7 Å². The highest BCUT2D eigenvalue weighted by atomic mass is 16.4. The van der Waals surface area contributed by atoms with Gasteiger partial charge in [0.25, 0.3) is 0 Å². The largest absolute Gasteiger partial charge is 0.481 e. The predicted octanol–water partition coefficient (Wildman–Crippen LogP) is -1.43. The van der Waals surface area contributed by atoms with E-state index in [2.05, 4.69) is 0 Å². The minimum Gasteiger partial charge on any atom is -0.481 e. The van der Waals surface area contributed by atoms with E-state index >= 15 is 0 Å². The van der Waals surface area contributed by atoms with Crippen molar-refractivity contribution < 1.29 is 19.5 Å². The van der Waals surface area contributed by atoms with Gasteiger partial charge in [-0.05, 0) is 13.3 Å². The standard InChI is InChI=1S/C8H13N2O4/c1-5(9)7(14)8(10,4-11)3-2-6(12)13/h5H,2-3,9-10H2,1H3,(H,12,13)/t5-,8-/m0/s1. The molecule has 0 bridgehead atoms. The van der Waals surface area contributed by atoms with E-state index in [1.54, 1.807) is 0 Å². The van der Waals surface area contributed by atoms with Crippen LogP contribution in [0.25, 0.3) is 0 Å². The maximum Gasteiger partial charge on any atom is 0.303 e. The van der Waals surface area contributed by atoms with Gasteiger partial charge in [-0.15, -0.1) is 0 Å². The van der Waals surface area contributed by atoms with Crippen molar-refractivity contribution in [2.75, 3.05) is 0 Å². The van der Waals surface area contributed by atoms with Crippen LogP contribution in [0.4, 0.5) is 0 Å². The lowest BCUT2D eigenvalue weighted by atomic mass is 9.88. The van der Waals surface area contributed by atoms with Crippen LogP contribution >= 0.6 is 0 Å². The van der Waals surface area contributed by atoms with Crippen LogP contribution in [0, 0.1) is 0 Å². The van der Waals surface area contributed by atoms with Gasteiger partial charge >= 0.3 is 5.97 Å². The molecule has 0 amide bonds. The monoisotopic (exact) mass is 201 g/mol. The van der Waals surface area contributed by atoms with Crippen LogP contribution in [0.1, 0.15) is 19.8 Å². The van der Waals surface area contributed by atoms with Gasteiger partial charge in [-0.2, -0.15) is 0 Å². The summed E-state index contributed by atoms with van der Waals surface area (Å²) in [5, 5.41) is 8.36. The number of carboxylic acids is 1. The Morgan fingerprint density at radius 1 is 1.57 bits per heavy atom. The lowest BCUT2D eigenvalue weighted by molar-refractivity contribution is -0.137. The third-order valence-electron chi connectivity index (χ3n) is 1.77. The van der Waals surface area contributed by atoms with Crippen LogP contribution in [0.15, 0.2) is 0 Å². The maximum atomic E-state index is 11.3. The molecule has 0 heterocycles. The number of hydrogen-bond acceptors (Lipinski definition) is 5. The summed E-state index contributed by atoms with van der Waals surface area (Å²) in [6.07, 6.45) is 0.693. The smallest absolute Gasteiger partial charge is 0.303 e. The van der Waals surface area contributed by atoms with Gasteiger partial charge < -0.3 is 16.6 Å². The van der Waals surface area contributed by atoms with Crippen molar-refractivity contribution in [1.82, 2.24) is 0 Å². The molecule has 6 heteroatoms. The Morgan fingerprint density at radius 2 is 2.07 bits per heavy atom. The summed E-state index contributed by atoms with van der Waals surface area (Å²) in [6, 6.07) is -0.907. The van der Waals surface area contributed by atoms with E-state index in [-0.39, 0.29) is 12.8 Å². The number of carboxylic acid groups (broad SMARTS) is 1. The second-order valence-corrected chi connectivity index (χ2v) is 3.12. The molecule has 6 nitrogen and oxygen atoms in total. The first-order valence-electron chi connectivity index (χ1n) is 4.03. The molecule has 0 aliphatic heterocycles. The van der Waals surface area contributed by atoms with Crippen molar-refractivity contribution >= 4 is 18.0 Å². The van der Waals surface area contributed by atoms with Crippen molar-refractivity contribution in [1.29, 1.82) is 0 Å². The summed E-state index contributed by atoms with van der Waals surface area (Å²) in [6.45, 7) is 1.38. The van der Waals surface area contributed by atoms with Crippen LogP contribution in [0.2, 0.25) is 0 Å². The number of ketones is 1. The highest BCUT2D eigenvalue weighted by molar-refractivity contribution is 6.05. The molecule has 79 valence electrons. The molecule has 1 radical (unpaired) electrons. The molecule has 5 N–H and O–H groups in total. The molecule has 0 aromatic heterocycles. The minimum atomic E-state index is -1.90. The Balaban J connectivity index is 4.54. The summed E-state index contributed by atoms with van der Waals surface area (Å²) in [4.78, 5) is 32.0. The third-order valence-corrected chi connectivity index (χ3v) is 1.77. The first-order chi connectivity index (χ1) is 6.33. The maximum absolute atomic E-state index is 11.3. The first-order valence-corrected chi connectivity index (χ1v) is 4.03. The Kier molecular flexibility index (Phi) is 4.39. The number of rotatable bonds is 6. The molecule has 0 aliphatic rings. The number of carbonyl (C=O) groups excluding carboxylic acids is 2. The molecule has 0 saturated heterocycles. The molecule has 0 aliphatic carbocycles. The van der Waals surface area contributed by atoms with Crippen LogP contribution in [0.5, 0.6) is 0 Å². The lowest BCUT2D eigenvalue weighted by Crippen LogP contribution is -2.55. The number of nitrogens with two attached hydrogens (primary N) is 2.